The number of nitrogens with one attached hydrogen (secondary N) is 2. The number of rotatable bonds is 7. The third kappa shape index (κ3) is 4.71. The van der Waals surface area contributed by atoms with E-state index >= 15 is 0 Å². The monoisotopic (exact) mass is 339 g/mol. The van der Waals surface area contributed by atoms with Gasteiger partial charge in [-0.3, -0.25) is 4.98 Å². The van der Waals surface area contributed by atoms with Crippen LogP contribution in [0, 0.1) is 5.82 Å². The summed E-state index contributed by atoms with van der Waals surface area (Å²) in [6, 6.07) is 11.7. The van der Waals surface area contributed by atoms with Crippen LogP contribution in [-0.4, -0.2) is 33.2 Å². The van der Waals surface area contributed by atoms with E-state index in [4.69, 9.17) is 5.11 Å². The zero-order chi connectivity index (χ0) is 17.5. The van der Waals surface area contributed by atoms with Gasteiger partial charge in [-0.05, 0) is 36.8 Å². The molecule has 7 heteroatoms. The summed E-state index contributed by atoms with van der Waals surface area (Å²) in [5.74, 6) is 0.648. The minimum atomic E-state index is -0.324. The Balaban J connectivity index is 1.91. The van der Waals surface area contributed by atoms with Gasteiger partial charge in [0, 0.05) is 42.9 Å². The zero-order valence-electron chi connectivity index (χ0n) is 13.5. The number of nitrogens with zero attached hydrogens (tertiary/aromatic N) is 3. The van der Waals surface area contributed by atoms with Crippen LogP contribution in [0.15, 0.2) is 54.9 Å². The van der Waals surface area contributed by atoms with Crippen LogP contribution in [0.4, 0.5) is 21.8 Å². The lowest BCUT2D eigenvalue weighted by Gasteiger charge is -2.11. The summed E-state index contributed by atoms with van der Waals surface area (Å²) in [5, 5.41) is 15.1. The molecule has 0 amide bonds. The molecule has 0 atom stereocenters. The maximum atomic E-state index is 13.4. The fourth-order valence-corrected chi connectivity index (χ4v) is 2.25. The highest BCUT2D eigenvalue weighted by Crippen LogP contribution is 2.23. The molecular formula is C18H18FN5O. The average Bonchev–Trinajstić information content (AvgIpc) is 2.63. The van der Waals surface area contributed by atoms with Crippen molar-refractivity contribution in [3.63, 3.8) is 0 Å². The fraction of sp³-hybridized carbons (Fsp3) is 0.167. The van der Waals surface area contributed by atoms with Crippen LogP contribution in [0.1, 0.15) is 6.42 Å². The number of anilines is 3. The summed E-state index contributed by atoms with van der Waals surface area (Å²) in [6.45, 7) is 0.640. The second-order valence-corrected chi connectivity index (χ2v) is 5.34. The summed E-state index contributed by atoms with van der Waals surface area (Å²) in [7, 11) is 0. The number of hydrogen-bond donors (Lipinski definition) is 3. The number of aliphatic hydroxyl groups excluding tert-OH is 1. The first-order chi connectivity index (χ1) is 12.2. The molecule has 6 nitrogen and oxygen atoms in total. The number of aromatic nitrogens is 3. The van der Waals surface area contributed by atoms with Crippen LogP contribution in [0.2, 0.25) is 0 Å². The first-order valence-electron chi connectivity index (χ1n) is 7.91. The van der Waals surface area contributed by atoms with Gasteiger partial charge < -0.3 is 15.7 Å². The molecule has 2 aromatic heterocycles. The van der Waals surface area contributed by atoms with Crippen LogP contribution in [0.25, 0.3) is 11.3 Å². The molecule has 3 rings (SSSR count). The van der Waals surface area contributed by atoms with Gasteiger partial charge in [-0.1, -0.05) is 6.07 Å². The molecule has 0 fully saturated rings. The predicted molar refractivity (Wildman–Crippen MR) is 95.1 cm³/mol. The minimum absolute atomic E-state index is 0.0887. The Labute approximate surface area is 144 Å². The Kier molecular flexibility index (Phi) is 5.48. The SMILES string of the molecule is OCCCNc1nc(Nc2cccc(F)c2)cc(-c2ccncc2)n1. The Morgan fingerprint density at radius 2 is 1.88 bits per heavy atom. The smallest absolute Gasteiger partial charge is 0.225 e. The van der Waals surface area contributed by atoms with Gasteiger partial charge in [0.05, 0.1) is 5.69 Å². The van der Waals surface area contributed by atoms with E-state index in [0.29, 0.717) is 36.1 Å². The van der Waals surface area contributed by atoms with Gasteiger partial charge in [0.2, 0.25) is 5.95 Å². The van der Waals surface area contributed by atoms with Crippen molar-refractivity contribution in [2.75, 3.05) is 23.8 Å². The van der Waals surface area contributed by atoms with E-state index < -0.39 is 0 Å². The van der Waals surface area contributed by atoms with E-state index in [1.807, 2.05) is 12.1 Å². The predicted octanol–water partition coefficient (Wildman–Crippen LogP) is 3.22. The number of hydrogen-bond acceptors (Lipinski definition) is 6. The van der Waals surface area contributed by atoms with E-state index in [-0.39, 0.29) is 12.4 Å². The van der Waals surface area contributed by atoms with Crippen molar-refractivity contribution in [3.8, 4) is 11.3 Å². The number of aliphatic hydroxyl groups is 1. The molecule has 0 radical (unpaired) electrons. The van der Waals surface area contributed by atoms with Crippen molar-refractivity contribution in [2.24, 2.45) is 0 Å². The second-order valence-electron chi connectivity index (χ2n) is 5.34. The molecule has 0 unspecified atom stereocenters. The molecule has 0 saturated carbocycles. The summed E-state index contributed by atoms with van der Waals surface area (Å²) in [6.07, 6.45) is 3.97. The molecule has 0 aliphatic carbocycles. The maximum Gasteiger partial charge on any atom is 0.225 e. The van der Waals surface area contributed by atoms with Gasteiger partial charge in [0.25, 0.3) is 0 Å². The highest BCUT2D eigenvalue weighted by atomic mass is 19.1. The van der Waals surface area contributed by atoms with E-state index in [2.05, 4.69) is 25.6 Å². The van der Waals surface area contributed by atoms with E-state index in [1.165, 1.54) is 12.1 Å². The molecule has 1 aromatic carbocycles. The van der Waals surface area contributed by atoms with Crippen molar-refractivity contribution in [2.45, 2.75) is 6.42 Å². The third-order valence-electron chi connectivity index (χ3n) is 3.42. The number of benzene rings is 1. The normalized spacial score (nSPS) is 10.5. The summed E-state index contributed by atoms with van der Waals surface area (Å²) < 4.78 is 13.4. The Hall–Kier alpha value is -3.06. The van der Waals surface area contributed by atoms with Crippen LogP contribution < -0.4 is 10.6 Å². The summed E-state index contributed by atoms with van der Waals surface area (Å²) >= 11 is 0. The minimum Gasteiger partial charge on any atom is -0.396 e. The Morgan fingerprint density at radius 1 is 1.04 bits per heavy atom. The Bertz CT molecular complexity index is 829. The molecule has 2 heterocycles. The molecule has 128 valence electrons. The summed E-state index contributed by atoms with van der Waals surface area (Å²) in [5.41, 5.74) is 2.20. The number of halogens is 1. The van der Waals surface area contributed by atoms with Gasteiger partial charge in [-0.2, -0.15) is 4.98 Å². The molecule has 3 N–H and O–H groups in total. The summed E-state index contributed by atoms with van der Waals surface area (Å²) in [4.78, 5) is 12.9. The number of pyridine rings is 1. The lowest BCUT2D eigenvalue weighted by atomic mass is 10.2. The van der Waals surface area contributed by atoms with Crippen LogP contribution >= 0.6 is 0 Å². The molecule has 3 aromatic rings. The molecule has 25 heavy (non-hydrogen) atoms. The van der Waals surface area contributed by atoms with Crippen molar-refractivity contribution in [1.82, 2.24) is 15.0 Å². The molecule has 0 bridgehead atoms. The largest absolute Gasteiger partial charge is 0.396 e. The van der Waals surface area contributed by atoms with Crippen LogP contribution in [-0.2, 0) is 0 Å². The van der Waals surface area contributed by atoms with Crippen molar-refractivity contribution >= 4 is 17.5 Å². The zero-order valence-corrected chi connectivity index (χ0v) is 13.5. The second kappa shape index (κ2) is 8.16. The van der Waals surface area contributed by atoms with Gasteiger partial charge in [0.1, 0.15) is 11.6 Å². The van der Waals surface area contributed by atoms with E-state index in [0.717, 1.165) is 5.56 Å². The first kappa shape index (κ1) is 16.8. The molecule has 0 aliphatic rings. The maximum absolute atomic E-state index is 13.4. The highest BCUT2D eigenvalue weighted by Gasteiger charge is 2.07. The molecular weight excluding hydrogens is 321 g/mol. The topological polar surface area (TPSA) is 83.0 Å². The standard InChI is InChI=1S/C18H18FN5O/c19-14-3-1-4-15(11-14)22-17-12-16(13-5-8-20-9-6-13)23-18(24-17)21-7-2-10-25/h1,3-6,8-9,11-12,25H,2,7,10H2,(H2,21,22,23,24). The first-order valence-corrected chi connectivity index (χ1v) is 7.91. The van der Waals surface area contributed by atoms with Crippen LogP contribution in [0.3, 0.4) is 0 Å². The highest BCUT2D eigenvalue weighted by molar-refractivity contribution is 5.67. The Morgan fingerprint density at radius 3 is 2.64 bits per heavy atom. The lowest BCUT2D eigenvalue weighted by molar-refractivity contribution is 0.292. The third-order valence-corrected chi connectivity index (χ3v) is 3.42. The molecule has 0 saturated heterocycles. The van der Waals surface area contributed by atoms with Gasteiger partial charge in [-0.15, -0.1) is 0 Å². The van der Waals surface area contributed by atoms with E-state index in [1.54, 1.807) is 30.6 Å². The van der Waals surface area contributed by atoms with Gasteiger partial charge in [0.15, 0.2) is 0 Å². The van der Waals surface area contributed by atoms with Crippen LogP contribution in [0.5, 0.6) is 0 Å². The average molecular weight is 339 g/mol. The van der Waals surface area contributed by atoms with E-state index in [9.17, 15) is 4.39 Å². The van der Waals surface area contributed by atoms with Gasteiger partial charge >= 0.3 is 0 Å². The van der Waals surface area contributed by atoms with Crippen molar-refractivity contribution in [1.29, 1.82) is 0 Å². The fourth-order valence-electron chi connectivity index (χ4n) is 2.25. The van der Waals surface area contributed by atoms with Gasteiger partial charge in [-0.25, -0.2) is 9.37 Å². The van der Waals surface area contributed by atoms with Crippen molar-refractivity contribution in [3.05, 3.63) is 60.7 Å². The molecule has 0 aliphatic heterocycles. The quantitative estimate of drug-likeness (QED) is 0.573. The molecule has 0 spiro atoms. The lowest BCUT2D eigenvalue weighted by Crippen LogP contribution is -2.08. The van der Waals surface area contributed by atoms with Crippen molar-refractivity contribution < 1.29 is 9.50 Å².